The van der Waals surface area contributed by atoms with Crippen LogP contribution in [0.1, 0.15) is 32.1 Å². The second-order valence-corrected chi connectivity index (χ2v) is 4.82. The molecule has 0 amide bonds. The maximum atomic E-state index is 5.99. The molecule has 0 aromatic heterocycles. The van der Waals surface area contributed by atoms with Crippen LogP contribution in [-0.2, 0) is 4.74 Å². The quantitative estimate of drug-likeness (QED) is 0.551. The van der Waals surface area contributed by atoms with E-state index in [4.69, 9.17) is 4.74 Å². The van der Waals surface area contributed by atoms with Crippen molar-refractivity contribution in [1.29, 1.82) is 0 Å². The minimum Gasteiger partial charge on any atom is -0.487 e. The van der Waals surface area contributed by atoms with Gasteiger partial charge >= 0.3 is 0 Å². The summed E-state index contributed by atoms with van der Waals surface area (Å²) >= 11 is 0. The summed E-state index contributed by atoms with van der Waals surface area (Å²) in [6.45, 7) is 3.91. The third-order valence-corrected chi connectivity index (χ3v) is 4.02. The second kappa shape index (κ2) is 2.40. The van der Waals surface area contributed by atoms with E-state index in [1.165, 1.54) is 25.7 Å². The van der Waals surface area contributed by atoms with Crippen molar-refractivity contribution in [2.45, 2.75) is 37.7 Å². The van der Waals surface area contributed by atoms with Gasteiger partial charge in [0.05, 0.1) is 0 Å². The van der Waals surface area contributed by atoms with Crippen molar-refractivity contribution < 1.29 is 4.74 Å². The van der Waals surface area contributed by atoms with Gasteiger partial charge in [-0.1, -0.05) is 12.7 Å². The molecule has 0 aromatic rings. The maximum absolute atomic E-state index is 5.99. The van der Waals surface area contributed by atoms with E-state index in [1.54, 1.807) is 0 Å². The van der Waals surface area contributed by atoms with Crippen molar-refractivity contribution in [3.05, 3.63) is 24.5 Å². The van der Waals surface area contributed by atoms with Crippen LogP contribution >= 0.6 is 0 Å². The lowest BCUT2D eigenvalue weighted by molar-refractivity contribution is -0.0409. The van der Waals surface area contributed by atoms with Crippen LogP contribution in [0.5, 0.6) is 0 Å². The second-order valence-electron chi connectivity index (χ2n) is 4.82. The fourth-order valence-corrected chi connectivity index (χ4v) is 3.50. The van der Waals surface area contributed by atoms with Crippen LogP contribution in [-0.4, -0.2) is 5.60 Å². The molecule has 3 atom stereocenters. The molecule has 2 fully saturated rings. The molecular weight excluding hydrogens is 160 g/mol. The maximum Gasteiger partial charge on any atom is 0.115 e. The van der Waals surface area contributed by atoms with Crippen LogP contribution < -0.4 is 0 Å². The van der Waals surface area contributed by atoms with E-state index in [1.807, 2.05) is 6.08 Å². The van der Waals surface area contributed by atoms with Crippen LogP contribution in [0.4, 0.5) is 0 Å². The van der Waals surface area contributed by atoms with Crippen LogP contribution in [0, 0.1) is 11.8 Å². The van der Waals surface area contributed by atoms with Gasteiger partial charge in [0.1, 0.15) is 11.4 Å². The van der Waals surface area contributed by atoms with E-state index in [9.17, 15) is 0 Å². The van der Waals surface area contributed by atoms with Crippen LogP contribution in [0.25, 0.3) is 0 Å². The Balaban J connectivity index is 1.90. The lowest BCUT2D eigenvalue weighted by Gasteiger charge is -2.39. The molecule has 2 aliphatic carbocycles. The molecule has 1 heterocycles. The van der Waals surface area contributed by atoms with Gasteiger partial charge in [-0.05, 0) is 43.6 Å². The summed E-state index contributed by atoms with van der Waals surface area (Å²) in [5.74, 6) is 2.64. The van der Waals surface area contributed by atoms with Gasteiger partial charge in [-0.2, -0.15) is 0 Å². The van der Waals surface area contributed by atoms with Gasteiger partial charge in [-0.3, -0.25) is 0 Å². The molecule has 1 nitrogen and oxygen atoms in total. The van der Waals surface area contributed by atoms with Gasteiger partial charge in [-0.25, -0.2) is 0 Å². The summed E-state index contributed by atoms with van der Waals surface area (Å²) in [6.07, 6.45) is 10.9. The number of hydrogen-bond acceptors (Lipinski definition) is 1. The molecule has 70 valence electrons. The normalized spacial score (nSPS) is 47.2. The monoisotopic (exact) mass is 176 g/mol. The van der Waals surface area contributed by atoms with E-state index in [0.29, 0.717) is 0 Å². The molecule has 1 heteroatoms. The SMILES string of the molecule is C=C1C=CCC2(CC3CCC2C3)O1. The van der Waals surface area contributed by atoms with Crippen molar-refractivity contribution in [2.75, 3.05) is 0 Å². The third-order valence-electron chi connectivity index (χ3n) is 4.02. The lowest BCUT2D eigenvalue weighted by Crippen LogP contribution is -2.38. The predicted molar refractivity (Wildman–Crippen MR) is 52.2 cm³/mol. The topological polar surface area (TPSA) is 9.23 Å². The minimum absolute atomic E-state index is 0.175. The molecule has 13 heavy (non-hydrogen) atoms. The first-order chi connectivity index (χ1) is 6.28. The van der Waals surface area contributed by atoms with Crippen molar-refractivity contribution in [2.24, 2.45) is 11.8 Å². The predicted octanol–water partition coefficient (Wildman–Crippen LogP) is 3.04. The first-order valence-corrected chi connectivity index (χ1v) is 5.33. The van der Waals surface area contributed by atoms with Gasteiger partial charge in [0, 0.05) is 6.42 Å². The van der Waals surface area contributed by atoms with Crippen molar-refractivity contribution in [3.8, 4) is 0 Å². The molecule has 0 saturated heterocycles. The number of fused-ring (bicyclic) bond motifs is 3. The average molecular weight is 176 g/mol. The summed E-state index contributed by atoms with van der Waals surface area (Å²) in [5.41, 5.74) is 0.175. The van der Waals surface area contributed by atoms with Crippen LogP contribution in [0.2, 0.25) is 0 Å². The highest BCUT2D eigenvalue weighted by atomic mass is 16.5. The van der Waals surface area contributed by atoms with Gasteiger partial charge in [0.25, 0.3) is 0 Å². The highest BCUT2D eigenvalue weighted by Gasteiger charge is 2.52. The average Bonchev–Trinajstić information content (AvgIpc) is 2.63. The molecule has 3 rings (SSSR count). The Morgan fingerprint density at radius 1 is 1.46 bits per heavy atom. The van der Waals surface area contributed by atoms with Crippen molar-refractivity contribution in [1.82, 2.24) is 0 Å². The molecule has 1 aliphatic heterocycles. The van der Waals surface area contributed by atoms with E-state index in [0.717, 1.165) is 24.0 Å². The first kappa shape index (κ1) is 7.66. The molecule has 2 bridgehead atoms. The zero-order valence-corrected chi connectivity index (χ0v) is 7.96. The fourth-order valence-electron chi connectivity index (χ4n) is 3.50. The summed E-state index contributed by atoms with van der Waals surface area (Å²) in [4.78, 5) is 0. The summed E-state index contributed by atoms with van der Waals surface area (Å²) in [7, 11) is 0. The Morgan fingerprint density at radius 3 is 3.00 bits per heavy atom. The van der Waals surface area contributed by atoms with Crippen molar-refractivity contribution in [3.63, 3.8) is 0 Å². The summed E-state index contributed by atoms with van der Waals surface area (Å²) in [6, 6.07) is 0. The zero-order chi connectivity index (χ0) is 8.89. The molecule has 3 aliphatic rings. The molecule has 0 aromatic carbocycles. The Labute approximate surface area is 79.5 Å². The molecule has 0 radical (unpaired) electrons. The molecule has 3 unspecified atom stereocenters. The molecule has 2 saturated carbocycles. The van der Waals surface area contributed by atoms with E-state index >= 15 is 0 Å². The smallest absolute Gasteiger partial charge is 0.115 e. The fraction of sp³-hybridized carbons (Fsp3) is 0.667. The summed E-state index contributed by atoms with van der Waals surface area (Å²) in [5, 5.41) is 0. The number of rotatable bonds is 0. The van der Waals surface area contributed by atoms with Gasteiger partial charge in [0.15, 0.2) is 0 Å². The number of hydrogen-bond donors (Lipinski definition) is 0. The Morgan fingerprint density at radius 2 is 2.38 bits per heavy atom. The van der Waals surface area contributed by atoms with E-state index in [2.05, 4.69) is 12.7 Å². The van der Waals surface area contributed by atoms with Gasteiger partial charge < -0.3 is 4.74 Å². The van der Waals surface area contributed by atoms with E-state index < -0.39 is 0 Å². The standard InChI is InChI=1S/C12H16O/c1-9-3-2-6-12(13-9)8-10-4-5-11(12)7-10/h2-3,10-11H,1,4-8H2. The van der Waals surface area contributed by atoms with Gasteiger partial charge in [-0.15, -0.1) is 0 Å². The Kier molecular flexibility index (Phi) is 1.42. The highest BCUT2D eigenvalue weighted by Crippen LogP contribution is 2.55. The molecular formula is C12H16O. The lowest BCUT2D eigenvalue weighted by atomic mass is 9.80. The van der Waals surface area contributed by atoms with E-state index in [-0.39, 0.29) is 5.60 Å². The van der Waals surface area contributed by atoms with Crippen LogP contribution in [0.15, 0.2) is 24.5 Å². The Bertz CT molecular complexity index is 279. The largest absolute Gasteiger partial charge is 0.487 e. The summed E-state index contributed by atoms with van der Waals surface area (Å²) < 4.78 is 5.99. The minimum atomic E-state index is 0.175. The van der Waals surface area contributed by atoms with Crippen molar-refractivity contribution >= 4 is 0 Å². The molecule has 1 spiro atoms. The Hall–Kier alpha value is -0.720. The molecule has 0 N–H and O–H groups in total. The number of allylic oxidation sites excluding steroid dienone is 1. The van der Waals surface area contributed by atoms with Gasteiger partial charge in [0.2, 0.25) is 0 Å². The highest BCUT2D eigenvalue weighted by molar-refractivity contribution is 5.18. The zero-order valence-electron chi connectivity index (χ0n) is 7.96. The first-order valence-electron chi connectivity index (χ1n) is 5.33. The van der Waals surface area contributed by atoms with Crippen LogP contribution in [0.3, 0.4) is 0 Å². The number of ether oxygens (including phenoxy) is 1. The third kappa shape index (κ3) is 0.993.